The lowest BCUT2D eigenvalue weighted by Crippen LogP contribution is -2.04. The van der Waals surface area contributed by atoms with E-state index in [4.69, 9.17) is 0 Å². The van der Waals surface area contributed by atoms with Gasteiger partial charge in [0.05, 0.1) is 11.3 Å². The molecule has 2 aromatic carbocycles. The number of para-hydroxylation sites is 1. The van der Waals surface area contributed by atoms with Crippen molar-refractivity contribution >= 4 is 28.4 Å². The average molecular weight is 294 g/mol. The first kappa shape index (κ1) is 13.8. The van der Waals surface area contributed by atoms with Gasteiger partial charge in [-0.25, -0.2) is 9.97 Å². The van der Waals surface area contributed by atoms with Gasteiger partial charge in [0.15, 0.2) is 5.78 Å². The van der Waals surface area contributed by atoms with Crippen molar-refractivity contribution in [1.29, 1.82) is 0 Å². The van der Waals surface area contributed by atoms with Crippen LogP contribution in [0.15, 0.2) is 59.9 Å². The number of nitrogens with zero attached hydrogens (tertiary/aromatic N) is 2. The molecule has 0 aliphatic heterocycles. The third-order valence-electron chi connectivity index (χ3n) is 3.29. The van der Waals surface area contributed by atoms with Crippen molar-refractivity contribution in [3.05, 3.63) is 66.0 Å². The van der Waals surface area contributed by atoms with Crippen molar-refractivity contribution in [1.82, 2.24) is 9.97 Å². The molecule has 0 atom stereocenters. The Bertz CT molecular complexity index is 796. The molecule has 0 aliphatic rings. The molecule has 0 saturated heterocycles. The van der Waals surface area contributed by atoms with E-state index in [1.54, 1.807) is 6.33 Å². The molecule has 0 radical (unpaired) electrons. The predicted molar refractivity (Wildman–Crippen MR) is 85.8 cm³/mol. The first-order valence-electron chi connectivity index (χ1n) is 6.67. The van der Waals surface area contributed by atoms with E-state index in [2.05, 4.69) is 9.97 Å². The van der Waals surface area contributed by atoms with Crippen molar-refractivity contribution in [3.8, 4) is 0 Å². The highest BCUT2D eigenvalue weighted by atomic mass is 32.2. The zero-order valence-electron chi connectivity index (χ0n) is 11.6. The maximum absolute atomic E-state index is 12.3. The fourth-order valence-corrected chi connectivity index (χ4v) is 3.07. The highest BCUT2D eigenvalue weighted by molar-refractivity contribution is 8.00. The van der Waals surface area contributed by atoms with Gasteiger partial charge in [-0.05, 0) is 18.6 Å². The lowest BCUT2D eigenvalue weighted by Gasteiger charge is -2.06. The van der Waals surface area contributed by atoms with Gasteiger partial charge in [-0.15, -0.1) is 0 Å². The molecule has 4 heteroatoms. The van der Waals surface area contributed by atoms with Gasteiger partial charge in [0.25, 0.3) is 0 Å². The summed E-state index contributed by atoms with van der Waals surface area (Å²) in [6.45, 7) is 1.96. The standard InChI is InChI=1S/C17H14N2OS/c1-12-6-2-3-7-13(12)16(20)10-21-17-14-8-4-5-9-15(14)18-11-19-17/h2-9,11H,10H2,1H3. The molecule has 0 N–H and O–H groups in total. The number of carbonyl (C=O) groups is 1. The van der Waals surface area contributed by atoms with Crippen molar-refractivity contribution < 1.29 is 4.79 Å². The Morgan fingerprint density at radius 3 is 2.67 bits per heavy atom. The normalized spacial score (nSPS) is 10.7. The zero-order valence-corrected chi connectivity index (χ0v) is 12.4. The van der Waals surface area contributed by atoms with E-state index in [9.17, 15) is 4.79 Å². The maximum Gasteiger partial charge on any atom is 0.173 e. The van der Waals surface area contributed by atoms with Gasteiger partial charge in [-0.1, -0.05) is 54.2 Å². The molecule has 104 valence electrons. The summed E-state index contributed by atoms with van der Waals surface area (Å²) in [6.07, 6.45) is 1.54. The molecule has 0 unspecified atom stereocenters. The first-order chi connectivity index (χ1) is 10.3. The third-order valence-corrected chi connectivity index (χ3v) is 4.30. The number of benzene rings is 2. The van der Waals surface area contributed by atoms with Crippen LogP contribution in [-0.2, 0) is 0 Å². The van der Waals surface area contributed by atoms with Crippen molar-refractivity contribution in [2.75, 3.05) is 5.75 Å². The van der Waals surface area contributed by atoms with E-state index < -0.39 is 0 Å². The van der Waals surface area contributed by atoms with Gasteiger partial charge in [0.1, 0.15) is 11.4 Å². The lowest BCUT2D eigenvalue weighted by atomic mass is 10.1. The highest BCUT2D eigenvalue weighted by Crippen LogP contribution is 2.25. The number of rotatable bonds is 4. The quantitative estimate of drug-likeness (QED) is 0.415. The molecular formula is C17H14N2OS. The second-order valence-corrected chi connectivity index (χ2v) is 5.69. The molecule has 0 aliphatic carbocycles. The Hall–Kier alpha value is -2.20. The van der Waals surface area contributed by atoms with Gasteiger partial charge in [-0.2, -0.15) is 0 Å². The first-order valence-corrected chi connectivity index (χ1v) is 7.65. The van der Waals surface area contributed by atoms with E-state index in [1.165, 1.54) is 11.8 Å². The smallest absolute Gasteiger partial charge is 0.173 e. The van der Waals surface area contributed by atoms with E-state index >= 15 is 0 Å². The summed E-state index contributed by atoms with van der Waals surface area (Å²) >= 11 is 1.46. The number of hydrogen-bond donors (Lipinski definition) is 0. The largest absolute Gasteiger partial charge is 0.293 e. The van der Waals surface area contributed by atoms with Gasteiger partial charge in [0.2, 0.25) is 0 Å². The Labute approximate surface area is 127 Å². The minimum Gasteiger partial charge on any atom is -0.293 e. The van der Waals surface area contributed by atoms with E-state index in [0.29, 0.717) is 5.75 Å². The molecule has 0 bridgehead atoms. The molecule has 3 nitrogen and oxygen atoms in total. The minimum atomic E-state index is 0.126. The van der Waals surface area contributed by atoms with Crippen LogP contribution in [0, 0.1) is 6.92 Å². The SMILES string of the molecule is Cc1ccccc1C(=O)CSc1ncnc2ccccc12. The number of carbonyl (C=O) groups excluding carboxylic acids is 1. The summed E-state index contributed by atoms with van der Waals surface area (Å²) in [6, 6.07) is 15.5. The van der Waals surface area contributed by atoms with E-state index in [0.717, 1.165) is 27.1 Å². The molecule has 1 heterocycles. The number of aryl methyl sites for hydroxylation is 1. The Morgan fingerprint density at radius 1 is 1.05 bits per heavy atom. The number of hydrogen-bond acceptors (Lipinski definition) is 4. The zero-order chi connectivity index (χ0) is 14.7. The van der Waals surface area contributed by atoms with Crippen molar-refractivity contribution in [2.45, 2.75) is 11.9 Å². The summed E-state index contributed by atoms with van der Waals surface area (Å²) in [5, 5.41) is 1.84. The molecule has 1 aromatic heterocycles. The van der Waals surface area contributed by atoms with Gasteiger partial charge < -0.3 is 0 Å². The van der Waals surface area contributed by atoms with Crippen LogP contribution < -0.4 is 0 Å². The number of ketones is 1. The second kappa shape index (κ2) is 6.06. The molecule has 21 heavy (non-hydrogen) atoms. The van der Waals surface area contributed by atoms with Crippen LogP contribution in [0.25, 0.3) is 10.9 Å². The molecule has 0 saturated carbocycles. The summed E-state index contributed by atoms with van der Waals surface area (Å²) in [5.74, 6) is 0.507. The monoisotopic (exact) mass is 294 g/mol. The summed E-state index contributed by atoms with van der Waals surface area (Å²) in [7, 11) is 0. The van der Waals surface area contributed by atoms with Crippen molar-refractivity contribution in [3.63, 3.8) is 0 Å². The maximum atomic E-state index is 12.3. The number of thioether (sulfide) groups is 1. The van der Waals surface area contributed by atoms with Crippen LogP contribution in [0.2, 0.25) is 0 Å². The van der Waals surface area contributed by atoms with Crippen molar-refractivity contribution in [2.24, 2.45) is 0 Å². The Morgan fingerprint density at radius 2 is 1.81 bits per heavy atom. The Kier molecular flexibility index (Phi) is 3.97. The van der Waals surface area contributed by atoms with Gasteiger partial charge in [-0.3, -0.25) is 4.79 Å². The lowest BCUT2D eigenvalue weighted by molar-refractivity contribution is 0.102. The van der Waals surface area contributed by atoms with Crippen LogP contribution in [0.4, 0.5) is 0 Å². The molecule has 0 spiro atoms. The molecule has 0 fully saturated rings. The third kappa shape index (κ3) is 2.95. The molecule has 3 rings (SSSR count). The second-order valence-electron chi connectivity index (χ2n) is 4.72. The molecule has 0 amide bonds. The Balaban J connectivity index is 1.81. The van der Waals surface area contributed by atoms with Crippen LogP contribution in [0.5, 0.6) is 0 Å². The predicted octanol–water partition coefficient (Wildman–Crippen LogP) is 3.91. The van der Waals surface area contributed by atoms with Gasteiger partial charge >= 0.3 is 0 Å². The minimum absolute atomic E-state index is 0.126. The fourth-order valence-electron chi connectivity index (χ4n) is 2.19. The molecular weight excluding hydrogens is 280 g/mol. The van der Waals surface area contributed by atoms with Crippen LogP contribution in [0.3, 0.4) is 0 Å². The van der Waals surface area contributed by atoms with Crippen LogP contribution in [0.1, 0.15) is 15.9 Å². The van der Waals surface area contributed by atoms with Crippen LogP contribution in [-0.4, -0.2) is 21.5 Å². The highest BCUT2D eigenvalue weighted by Gasteiger charge is 2.11. The topological polar surface area (TPSA) is 42.9 Å². The average Bonchev–Trinajstić information content (AvgIpc) is 2.53. The summed E-state index contributed by atoms with van der Waals surface area (Å²) in [5.41, 5.74) is 2.69. The van der Waals surface area contributed by atoms with Gasteiger partial charge in [0, 0.05) is 10.9 Å². The number of aromatic nitrogens is 2. The van der Waals surface area contributed by atoms with E-state index in [-0.39, 0.29) is 5.78 Å². The number of Topliss-reactive ketones (excluding diaryl/α,β-unsaturated/α-hetero) is 1. The van der Waals surface area contributed by atoms with E-state index in [1.807, 2.05) is 55.5 Å². The molecule has 3 aromatic rings. The number of fused-ring (bicyclic) bond motifs is 1. The fraction of sp³-hybridized carbons (Fsp3) is 0.118. The summed E-state index contributed by atoms with van der Waals surface area (Å²) in [4.78, 5) is 20.8. The summed E-state index contributed by atoms with van der Waals surface area (Å²) < 4.78 is 0. The van der Waals surface area contributed by atoms with Crippen LogP contribution >= 0.6 is 11.8 Å².